The number of halogens is 4. The van der Waals surface area contributed by atoms with E-state index in [1.165, 1.54) is 43.6 Å². The van der Waals surface area contributed by atoms with Crippen LogP contribution in [-0.4, -0.2) is 50.6 Å². The fraction of sp³-hybridized carbons (Fsp3) is 0.129. The standard InChI is InChI=1S/C31H22F4N4O5S/c1-36-30(40)27-22-13-21(17-10-18(12-20(33)11-17)31-38-29-24(44-31)4-3-9-37-29)23(39(15-26(34)35)45(2,41)42)14-25(22)43-28(27)16-5-7-19(32)8-6-16/h3-14,26H,15H2,1-2H3,(H,36,40). The number of fused-ring (bicyclic) bond motifs is 2. The van der Waals surface area contributed by atoms with Crippen LogP contribution in [0.4, 0.5) is 23.2 Å². The molecule has 0 atom stereocenters. The summed E-state index contributed by atoms with van der Waals surface area (Å²) in [5.41, 5.74) is 0.838. The number of aromatic nitrogens is 2. The third-order valence-corrected chi connectivity index (χ3v) is 8.11. The molecule has 0 saturated carbocycles. The Morgan fingerprint density at radius 3 is 2.33 bits per heavy atom. The second kappa shape index (κ2) is 11.4. The monoisotopic (exact) mass is 638 g/mol. The first kappa shape index (κ1) is 29.8. The summed E-state index contributed by atoms with van der Waals surface area (Å²) in [6.07, 6.45) is -0.815. The van der Waals surface area contributed by atoms with Gasteiger partial charge >= 0.3 is 0 Å². The van der Waals surface area contributed by atoms with Gasteiger partial charge < -0.3 is 14.2 Å². The number of benzene rings is 3. The predicted octanol–water partition coefficient (Wildman–Crippen LogP) is 6.64. The Morgan fingerprint density at radius 1 is 0.933 bits per heavy atom. The van der Waals surface area contributed by atoms with Gasteiger partial charge in [0.15, 0.2) is 11.2 Å². The van der Waals surface area contributed by atoms with E-state index >= 15 is 4.39 Å². The van der Waals surface area contributed by atoms with Gasteiger partial charge in [-0.25, -0.2) is 31.0 Å². The van der Waals surface area contributed by atoms with Crippen LogP contribution < -0.4 is 9.62 Å². The lowest BCUT2D eigenvalue weighted by Gasteiger charge is -2.25. The fourth-order valence-electron chi connectivity index (χ4n) is 5.02. The average molecular weight is 639 g/mol. The van der Waals surface area contributed by atoms with E-state index in [-0.39, 0.29) is 56.2 Å². The molecule has 0 saturated heterocycles. The summed E-state index contributed by atoms with van der Waals surface area (Å²) in [6.45, 7) is -1.22. The second-order valence-corrected chi connectivity index (χ2v) is 11.9. The van der Waals surface area contributed by atoms with E-state index in [2.05, 4.69) is 15.3 Å². The number of furan rings is 1. The molecular formula is C31H22F4N4O5S. The topological polar surface area (TPSA) is 119 Å². The molecular weight excluding hydrogens is 616 g/mol. The van der Waals surface area contributed by atoms with Crippen LogP contribution in [0, 0.1) is 11.6 Å². The Labute approximate surface area is 253 Å². The fourth-order valence-corrected chi connectivity index (χ4v) is 5.92. The average Bonchev–Trinajstić information content (AvgIpc) is 3.60. The molecule has 45 heavy (non-hydrogen) atoms. The van der Waals surface area contributed by atoms with Crippen LogP contribution >= 0.6 is 0 Å². The number of anilines is 1. The highest BCUT2D eigenvalue weighted by Crippen LogP contribution is 2.43. The number of carbonyl (C=O) groups is 1. The first-order valence-electron chi connectivity index (χ1n) is 13.3. The van der Waals surface area contributed by atoms with Gasteiger partial charge in [-0.05, 0) is 66.2 Å². The molecule has 14 heteroatoms. The number of amides is 1. The molecule has 6 rings (SSSR count). The van der Waals surface area contributed by atoms with E-state index in [0.717, 1.165) is 30.5 Å². The number of oxazole rings is 1. The molecule has 6 aromatic rings. The number of hydrogen-bond acceptors (Lipinski definition) is 7. The van der Waals surface area contributed by atoms with Crippen LogP contribution in [-0.2, 0) is 10.0 Å². The summed E-state index contributed by atoms with van der Waals surface area (Å²) in [4.78, 5) is 21.6. The molecule has 0 fully saturated rings. The van der Waals surface area contributed by atoms with E-state index in [1.54, 1.807) is 12.1 Å². The van der Waals surface area contributed by atoms with Crippen molar-refractivity contribution < 1.29 is 39.6 Å². The summed E-state index contributed by atoms with van der Waals surface area (Å²) in [7, 11) is -2.94. The highest BCUT2D eigenvalue weighted by Gasteiger charge is 2.29. The maximum Gasteiger partial charge on any atom is 0.257 e. The van der Waals surface area contributed by atoms with E-state index in [9.17, 15) is 26.4 Å². The third-order valence-electron chi connectivity index (χ3n) is 6.96. The second-order valence-electron chi connectivity index (χ2n) is 10.0. The normalized spacial score (nSPS) is 11.9. The molecule has 0 radical (unpaired) electrons. The summed E-state index contributed by atoms with van der Waals surface area (Å²) in [5, 5.41) is 2.68. The van der Waals surface area contributed by atoms with E-state index < -0.39 is 40.5 Å². The van der Waals surface area contributed by atoms with Crippen molar-refractivity contribution in [3.63, 3.8) is 0 Å². The Bertz CT molecular complexity index is 2160. The zero-order chi connectivity index (χ0) is 32.0. The van der Waals surface area contributed by atoms with E-state index in [0.29, 0.717) is 15.5 Å². The molecule has 1 amide bonds. The largest absolute Gasteiger partial charge is 0.455 e. The minimum atomic E-state index is -4.33. The molecule has 230 valence electrons. The Kier molecular flexibility index (Phi) is 7.52. The number of carbonyl (C=O) groups excluding carboxylic acids is 1. The zero-order valence-electron chi connectivity index (χ0n) is 23.5. The highest BCUT2D eigenvalue weighted by atomic mass is 32.2. The third kappa shape index (κ3) is 5.71. The van der Waals surface area contributed by atoms with Crippen molar-refractivity contribution in [3.05, 3.63) is 90.1 Å². The molecule has 0 aliphatic heterocycles. The summed E-state index contributed by atoms with van der Waals surface area (Å²) in [6, 6.07) is 14.6. The minimum absolute atomic E-state index is 0.00702. The van der Waals surface area contributed by atoms with Crippen molar-refractivity contribution >= 4 is 43.8 Å². The molecule has 0 unspecified atom stereocenters. The maximum atomic E-state index is 15.2. The molecule has 0 aliphatic carbocycles. The lowest BCUT2D eigenvalue weighted by atomic mass is 9.97. The molecule has 0 bridgehead atoms. The van der Waals surface area contributed by atoms with Crippen molar-refractivity contribution in [2.75, 3.05) is 24.2 Å². The molecule has 0 aliphatic rings. The van der Waals surface area contributed by atoms with Crippen molar-refractivity contribution in [2.45, 2.75) is 6.43 Å². The van der Waals surface area contributed by atoms with Crippen LogP contribution in [0.2, 0.25) is 0 Å². The first-order valence-corrected chi connectivity index (χ1v) is 15.1. The highest BCUT2D eigenvalue weighted by molar-refractivity contribution is 7.92. The summed E-state index contributed by atoms with van der Waals surface area (Å²) < 4.78 is 94.4. The van der Waals surface area contributed by atoms with Gasteiger partial charge in [-0.3, -0.25) is 9.10 Å². The zero-order valence-corrected chi connectivity index (χ0v) is 24.3. The summed E-state index contributed by atoms with van der Waals surface area (Å²) >= 11 is 0. The van der Waals surface area contributed by atoms with Crippen LogP contribution in [0.5, 0.6) is 0 Å². The molecule has 3 heterocycles. The van der Waals surface area contributed by atoms with Gasteiger partial charge in [-0.2, -0.15) is 4.98 Å². The predicted molar refractivity (Wildman–Crippen MR) is 159 cm³/mol. The van der Waals surface area contributed by atoms with E-state index in [1.807, 2.05) is 0 Å². The quantitative estimate of drug-likeness (QED) is 0.186. The molecule has 3 aromatic carbocycles. The van der Waals surface area contributed by atoms with Gasteiger partial charge in [0, 0.05) is 41.4 Å². The maximum absolute atomic E-state index is 15.2. The lowest BCUT2D eigenvalue weighted by molar-refractivity contribution is 0.0964. The van der Waals surface area contributed by atoms with Crippen LogP contribution in [0.15, 0.2) is 81.8 Å². The van der Waals surface area contributed by atoms with Crippen LogP contribution in [0.3, 0.4) is 0 Å². The smallest absolute Gasteiger partial charge is 0.257 e. The van der Waals surface area contributed by atoms with Crippen LogP contribution in [0.1, 0.15) is 10.4 Å². The Balaban J connectivity index is 1.66. The van der Waals surface area contributed by atoms with Crippen molar-refractivity contribution in [1.82, 2.24) is 15.3 Å². The van der Waals surface area contributed by atoms with Gasteiger partial charge in [0.1, 0.15) is 23.0 Å². The number of nitrogens with zero attached hydrogens (tertiary/aromatic N) is 3. The SMILES string of the molecule is CNC(=O)c1c(-c2ccc(F)cc2)oc2cc(N(CC(F)F)S(C)(=O)=O)c(-c3cc(F)cc(-c4nc5ncccc5o4)c3)cc12. The van der Waals surface area contributed by atoms with Crippen molar-refractivity contribution in [2.24, 2.45) is 0 Å². The minimum Gasteiger partial charge on any atom is -0.455 e. The van der Waals surface area contributed by atoms with Crippen molar-refractivity contribution in [1.29, 1.82) is 0 Å². The number of pyridine rings is 1. The Morgan fingerprint density at radius 2 is 1.67 bits per heavy atom. The number of nitrogens with one attached hydrogen (secondary N) is 1. The van der Waals surface area contributed by atoms with Gasteiger partial charge in [-0.1, -0.05) is 0 Å². The van der Waals surface area contributed by atoms with Gasteiger partial charge in [0.05, 0.1) is 24.1 Å². The number of hydrogen-bond donors (Lipinski definition) is 1. The lowest BCUT2D eigenvalue weighted by Crippen LogP contribution is -2.34. The number of rotatable bonds is 8. The van der Waals surface area contributed by atoms with Crippen LogP contribution in [0.25, 0.3) is 56.1 Å². The molecule has 1 N–H and O–H groups in total. The summed E-state index contributed by atoms with van der Waals surface area (Å²) in [5.74, 6) is -1.88. The van der Waals surface area contributed by atoms with Gasteiger partial charge in [0.25, 0.3) is 12.3 Å². The van der Waals surface area contributed by atoms with E-state index in [4.69, 9.17) is 8.83 Å². The molecule has 3 aromatic heterocycles. The number of sulfonamides is 1. The first-order chi connectivity index (χ1) is 21.4. The van der Waals surface area contributed by atoms with Crippen molar-refractivity contribution in [3.8, 4) is 33.9 Å². The molecule has 9 nitrogen and oxygen atoms in total. The van der Waals surface area contributed by atoms with Gasteiger partial charge in [0.2, 0.25) is 15.9 Å². The number of alkyl halides is 2. The Hall–Kier alpha value is -5.24. The van der Waals surface area contributed by atoms with Gasteiger partial charge in [-0.15, -0.1) is 0 Å². The molecule has 0 spiro atoms.